The molecule has 1 amide bonds. The number of rotatable bonds is 2. The predicted molar refractivity (Wildman–Crippen MR) is 90.1 cm³/mol. The van der Waals surface area contributed by atoms with Crippen LogP contribution in [0, 0.1) is 12.7 Å². The van der Waals surface area contributed by atoms with Crippen molar-refractivity contribution < 1.29 is 9.18 Å². The van der Waals surface area contributed by atoms with Crippen molar-refractivity contribution in [2.24, 2.45) is 0 Å². The molecule has 0 aromatic heterocycles. The van der Waals surface area contributed by atoms with Gasteiger partial charge in [-0.1, -0.05) is 18.2 Å². The molecule has 1 unspecified atom stereocenters. The first kappa shape index (κ1) is 15.7. The molecule has 1 heterocycles. The minimum Gasteiger partial charge on any atom is -0.326 e. The molecular formula is C19H21FN2O. The van der Waals surface area contributed by atoms with Gasteiger partial charge in [-0.2, -0.15) is 0 Å². The van der Waals surface area contributed by atoms with Gasteiger partial charge in [0, 0.05) is 37.2 Å². The number of amides is 1. The van der Waals surface area contributed by atoms with Crippen LogP contribution in [-0.4, -0.2) is 24.4 Å². The van der Waals surface area contributed by atoms with E-state index in [2.05, 4.69) is 16.3 Å². The number of benzene rings is 2. The Kier molecular flexibility index (Phi) is 4.18. The average Bonchev–Trinajstić information content (AvgIpc) is 2.47. The lowest BCUT2D eigenvalue weighted by Gasteiger charge is -2.33. The SMILES string of the molecule is CC(=O)Nc1cccc(C2CN(C)Cc3c(F)cc(C)cc32)c1. The zero-order valence-electron chi connectivity index (χ0n) is 13.7. The molecule has 3 rings (SSSR count). The summed E-state index contributed by atoms with van der Waals surface area (Å²) in [5, 5.41) is 2.82. The fourth-order valence-corrected chi connectivity index (χ4v) is 3.34. The third kappa shape index (κ3) is 3.27. The fraction of sp³-hybridized carbons (Fsp3) is 0.316. The molecule has 4 heteroatoms. The highest BCUT2D eigenvalue weighted by Crippen LogP contribution is 2.35. The Morgan fingerprint density at radius 1 is 1.30 bits per heavy atom. The number of hydrogen-bond acceptors (Lipinski definition) is 2. The van der Waals surface area contributed by atoms with Gasteiger partial charge in [0.2, 0.25) is 5.91 Å². The van der Waals surface area contributed by atoms with Gasteiger partial charge in [-0.05, 0) is 48.9 Å². The largest absolute Gasteiger partial charge is 0.326 e. The first-order chi connectivity index (χ1) is 10.9. The summed E-state index contributed by atoms with van der Waals surface area (Å²) in [6.45, 7) is 4.88. The highest BCUT2D eigenvalue weighted by Gasteiger charge is 2.27. The second-order valence-electron chi connectivity index (χ2n) is 6.37. The van der Waals surface area contributed by atoms with Gasteiger partial charge in [0.25, 0.3) is 0 Å². The van der Waals surface area contributed by atoms with Crippen LogP contribution >= 0.6 is 0 Å². The summed E-state index contributed by atoms with van der Waals surface area (Å²) in [4.78, 5) is 13.4. The lowest BCUT2D eigenvalue weighted by molar-refractivity contribution is -0.114. The Labute approximate surface area is 136 Å². The zero-order valence-corrected chi connectivity index (χ0v) is 13.7. The van der Waals surface area contributed by atoms with E-state index in [0.717, 1.165) is 34.5 Å². The van der Waals surface area contributed by atoms with Crippen molar-refractivity contribution in [2.75, 3.05) is 18.9 Å². The van der Waals surface area contributed by atoms with E-state index in [9.17, 15) is 9.18 Å². The van der Waals surface area contributed by atoms with Crippen molar-refractivity contribution in [1.82, 2.24) is 4.90 Å². The van der Waals surface area contributed by atoms with Crippen molar-refractivity contribution >= 4 is 11.6 Å². The predicted octanol–water partition coefficient (Wildman–Crippen LogP) is 3.67. The lowest BCUT2D eigenvalue weighted by Crippen LogP contribution is -2.31. The molecule has 0 aliphatic carbocycles. The van der Waals surface area contributed by atoms with Crippen LogP contribution in [0.5, 0.6) is 0 Å². The molecule has 1 aliphatic rings. The van der Waals surface area contributed by atoms with Gasteiger partial charge in [0.15, 0.2) is 0 Å². The highest BCUT2D eigenvalue weighted by molar-refractivity contribution is 5.88. The molecule has 1 aliphatic heterocycles. The van der Waals surface area contributed by atoms with E-state index in [4.69, 9.17) is 0 Å². The minimum atomic E-state index is -0.130. The summed E-state index contributed by atoms with van der Waals surface area (Å²) in [6.07, 6.45) is 0. The van der Waals surface area contributed by atoms with Gasteiger partial charge in [-0.25, -0.2) is 4.39 Å². The minimum absolute atomic E-state index is 0.0924. The maximum absolute atomic E-state index is 14.4. The molecular weight excluding hydrogens is 291 g/mol. The van der Waals surface area contributed by atoms with Crippen LogP contribution < -0.4 is 5.32 Å². The van der Waals surface area contributed by atoms with E-state index < -0.39 is 0 Å². The van der Waals surface area contributed by atoms with Crippen LogP contribution in [0.4, 0.5) is 10.1 Å². The number of nitrogens with zero attached hydrogens (tertiary/aromatic N) is 1. The quantitative estimate of drug-likeness (QED) is 0.917. The maximum atomic E-state index is 14.4. The second-order valence-corrected chi connectivity index (χ2v) is 6.37. The van der Waals surface area contributed by atoms with Crippen molar-refractivity contribution in [3.8, 4) is 0 Å². The summed E-state index contributed by atoms with van der Waals surface area (Å²) in [5.41, 5.74) is 4.64. The molecule has 2 aromatic carbocycles. The third-order valence-corrected chi connectivity index (χ3v) is 4.28. The summed E-state index contributed by atoms with van der Waals surface area (Å²) < 4.78 is 14.4. The Hall–Kier alpha value is -2.20. The zero-order chi connectivity index (χ0) is 16.6. The van der Waals surface area contributed by atoms with Gasteiger partial charge in [-0.15, -0.1) is 0 Å². The Morgan fingerprint density at radius 3 is 2.83 bits per heavy atom. The van der Waals surface area contributed by atoms with Gasteiger partial charge in [0.05, 0.1) is 0 Å². The van der Waals surface area contributed by atoms with E-state index in [0.29, 0.717) is 6.54 Å². The smallest absolute Gasteiger partial charge is 0.221 e. The fourth-order valence-electron chi connectivity index (χ4n) is 3.34. The van der Waals surface area contributed by atoms with Crippen molar-refractivity contribution in [1.29, 1.82) is 0 Å². The van der Waals surface area contributed by atoms with E-state index in [-0.39, 0.29) is 17.6 Å². The molecule has 1 atom stereocenters. The first-order valence-corrected chi connectivity index (χ1v) is 7.79. The molecule has 0 saturated carbocycles. The molecule has 1 N–H and O–H groups in total. The Morgan fingerprint density at radius 2 is 2.09 bits per heavy atom. The normalized spacial score (nSPS) is 17.7. The van der Waals surface area contributed by atoms with E-state index in [1.54, 1.807) is 6.07 Å². The number of hydrogen-bond donors (Lipinski definition) is 1. The number of halogens is 1. The van der Waals surface area contributed by atoms with E-state index in [1.807, 2.05) is 38.2 Å². The van der Waals surface area contributed by atoms with Gasteiger partial charge in [0.1, 0.15) is 5.82 Å². The molecule has 23 heavy (non-hydrogen) atoms. The summed E-state index contributed by atoms with van der Waals surface area (Å²) >= 11 is 0. The molecule has 3 nitrogen and oxygen atoms in total. The average molecular weight is 312 g/mol. The molecule has 2 aromatic rings. The first-order valence-electron chi connectivity index (χ1n) is 7.79. The van der Waals surface area contributed by atoms with Crippen LogP contribution in [0.15, 0.2) is 36.4 Å². The van der Waals surface area contributed by atoms with Gasteiger partial charge in [-0.3, -0.25) is 4.79 Å². The van der Waals surface area contributed by atoms with Crippen molar-refractivity contribution in [2.45, 2.75) is 26.3 Å². The van der Waals surface area contributed by atoms with Crippen LogP contribution in [0.2, 0.25) is 0 Å². The number of carbonyl (C=O) groups excluding carboxylic acids is 1. The third-order valence-electron chi connectivity index (χ3n) is 4.28. The number of aryl methyl sites for hydroxylation is 1. The topological polar surface area (TPSA) is 32.3 Å². The molecule has 0 fully saturated rings. The molecule has 0 radical (unpaired) electrons. The van der Waals surface area contributed by atoms with E-state index in [1.165, 1.54) is 6.92 Å². The standard InChI is InChI=1S/C19H21FN2O/c1-12-7-16-17(10-22(3)11-18(16)19(20)8-12)14-5-4-6-15(9-14)21-13(2)23/h4-9,17H,10-11H2,1-3H3,(H,21,23). The van der Waals surface area contributed by atoms with Crippen molar-refractivity contribution in [3.63, 3.8) is 0 Å². The summed E-state index contributed by atoms with van der Waals surface area (Å²) in [7, 11) is 2.01. The highest BCUT2D eigenvalue weighted by atomic mass is 19.1. The number of nitrogens with one attached hydrogen (secondary N) is 1. The monoisotopic (exact) mass is 312 g/mol. The molecule has 120 valence electrons. The number of fused-ring (bicyclic) bond motifs is 1. The van der Waals surface area contributed by atoms with Crippen LogP contribution in [0.25, 0.3) is 0 Å². The number of carbonyl (C=O) groups is 1. The lowest BCUT2D eigenvalue weighted by atomic mass is 9.83. The second kappa shape index (κ2) is 6.13. The van der Waals surface area contributed by atoms with Crippen molar-refractivity contribution in [3.05, 3.63) is 64.5 Å². The van der Waals surface area contributed by atoms with E-state index >= 15 is 0 Å². The van der Waals surface area contributed by atoms with Gasteiger partial charge < -0.3 is 10.2 Å². The molecule has 0 saturated heterocycles. The molecule has 0 bridgehead atoms. The van der Waals surface area contributed by atoms with Gasteiger partial charge >= 0.3 is 0 Å². The Bertz CT molecular complexity index is 757. The molecule has 0 spiro atoms. The summed E-state index contributed by atoms with van der Waals surface area (Å²) in [6, 6.07) is 11.5. The van der Waals surface area contributed by atoms with Crippen LogP contribution in [0.1, 0.15) is 35.1 Å². The van der Waals surface area contributed by atoms with Crippen LogP contribution in [0.3, 0.4) is 0 Å². The maximum Gasteiger partial charge on any atom is 0.221 e. The number of anilines is 1. The number of likely N-dealkylation sites (N-methyl/N-ethyl adjacent to an activating group) is 1. The summed E-state index contributed by atoms with van der Waals surface area (Å²) in [5.74, 6) is -0.119. The van der Waals surface area contributed by atoms with Crippen LogP contribution in [-0.2, 0) is 11.3 Å². The Balaban J connectivity index is 2.06.